The minimum atomic E-state index is 0.187. The van der Waals surface area contributed by atoms with Crippen LogP contribution < -0.4 is 5.73 Å². The lowest BCUT2D eigenvalue weighted by molar-refractivity contribution is 1.51. The number of hydrogen-bond acceptors (Lipinski definition) is 3. The summed E-state index contributed by atoms with van der Waals surface area (Å²) in [7, 11) is 2.89. The van der Waals surface area contributed by atoms with Gasteiger partial charge in [-0.05, 0) is 10.8 Å². The predicted octanol–water partition coefficient (Wildman–Crippen LogP) is 1.28. The van der Waals surface area contributed by atoms with Crippen LogP contribution in [0.25, 0.3) is 0 Å². The van der Waals surface area contributed by atoms with Crippen LogP contribution in [0.5, 0.6) is 0 Å². The molecule has 3 N–H and O–H groups in total. The summed E-state index contributed by atoms with van der Waals surface area (Å²) in [5.41, 5.74) is 5.00. The Hall–Kier alpha value is 0.170. The second kappa shape index (κ2) is 4.33. The zero-order valence-corrected chi connectivity index (χ0v) is 5.73. The molecule has 0 unspecified atom stereocenters. The van der Waals surface area contributed by atoms with Crippen molar-refractivity contribution < 1.29 is 0 Å². The van der Waals surface area contributed by atoms with Gasteiger partial charge in [0.25, 0.3) is 0 Å². The summed E-state index contributed by atoms with van der Waals surface area (Å²) in [6.45, 7) is 2.03. The summed E-state index contributed by atoms with van der Waals surface area (Å²) < 4.78 is 0. The third-order valence-corrected chi connectivity index (χ3v) is 2.40. The molecular weight excluding hydrogens is 128 g/mol. The Morgan fingerprint density at radius 1 is 1.86 bits per heavy atom. The Balaban J connectivity index is 2.82. The van der Waals surface area contributed by atoms with Crippen LogP contribution in [-0.2, 0) is 0 Å². The normalized spacial score (nSPS) is 8.71. The maximum absolute atomic E-state index is 6.72. The Morgan fingerprint density at radius 2 is 2.43 bits per heavy atom. The molecule has 0 aliphatic heterocycles. The SMILES string of the molecule is CCSSC(=N)N. The standard InChI is InChI=1S/C3H8N2S2/c1-2-6-7-3(4)5/h2H2,1H3,(H3,4,5). The third kappa shape index (κ3) is 6.17. The predicted molar refractivity (Wildman–Crippen MR) is 37.6 cm³/mol. The van der Waals surface area contributed by atoms with E-state index in [1.807, 2.05) is 6.92 Å². The summed E-state index contributed by atoms with van der Waals surface area (Å²) in [4.78, 5) is 0. The van der Waals surface area contributed by atoms with E-state index >= 15 is 0 Å². The van der Waals surface area contributed by atoms with Gasteiger partial charge in [0.15, 0.2) is 5.17 Å². The molecule has 0 amide bonds. The van der Waals surface area contributed by atoms with E-state index in [0.717, 1.165) is 5.75 Å². The van der Waals surface area contributed by atoms with Gasteiger partial charge in [-0.15, -0.1) is 0 Å². The summed E-state index contributed by atoms with van der Waals surface area (Å²) in [5.74, 6) is 1.00. The number of nitrogens with one attached hydrogen (secondary N) is 1. The van der Waals surface area contributed by atoms with Crippen LogP contribution in [0.4, 0.5) is 0 Å². The van der Waals surface area contributed by atoms with Gasteiger partial charge in [-0.1, -0.05) is 17.7 Å². The molecule has 0 bridgehead atoms. The third-order valence-electron chi connectivity index (χ3n) is 0.267. The minimum Gasteiger partial charge on any atom is -0.378 e. The first-order chi connectivity index (χ1) is 3.27. The molecule has 4 heteroatoms. The topological polar surface area (TPSA) is 49.9 Å². The Morgan fingerprint density at radius 3 is 2.57 bits per heavy atom. The molecule has 42 valence electrons. The second-order valence-electron chi connectivity index (χ2n) is 0.854. The molecule has 0 radical (unpaired) electrons. The van der Waals surface area contributed by atoms with Gasteiger partial charge in [-0.2, -0.15) is 0 Å². The summed E-state index contributed by atoms with van der Waals surface area (Å²) in [5, 5.41) is 6.90. The minimum absolute atomic E-state index is 0.187. The van der Waals surface area contributed by atoms with Crippen LogP contribution in [0.1, 0.15) is 6.92 Å². The van der Waals surface area contributed by atoms with Gasteiger partial charge in [-0.25, -0.2) is 0 Å². The number of amidine groups is 1. The van der Waals surface area contributed by atoms with E-state index in [9.17, 15) is 0 Å². The Bertz CT molecular complexity index is 64.0. The van der Waals surface area contributed by atoms with Gasteiger partial charge in [0, 0.05) is 5.75 Å². The highest BCUT2D eigenvalue weighted by Crippen LogP contribution is 2.18. The van der Waals surface area contributed by atoms with Crippen LogP contribution >= 0.6 is 21.6 Å². The van der Waals surface area contributed by atoms with E-state index in [-0.39, 0.29) is 5.17 Å². The molecule has 0 rings (SSSR count). The van der Waals surface area contributed by atoms with Crippen molar-refractivity contribution >= 4 is 26.8 Å². The molecule has 2 nitrogen and oxygen atoms in total. The quantitative estimate of drug-likeness (QED) is 0.341. The molecule has 0 aromatic carbocycles. The lowest BCUT2D eigenvalue weighted by Crippen LogP contribution is -2.00. The molecule has 0 aromatic heterocycles. The molecule has 0 atom stereocenters. The first-order valence-electron chi connectivity index (χ1n) is 1.91. The monoisotopic (exact) mass is 136 g/mol. The highest BCUT2D eigenvalue weighted by molar-refractivity contribution is 8.82. The lowest BCUT2D eigenvalue weighted by atomic mass is 11.0. The van der Waals surface area contributed by atoms with Crippen molar-refractivity contribution in [3.05, 3.63) is 0 Å². The van der Waals surface area contributed by atoms with Crippen molar-refractivity contribution in [2.75, 3.05) is 5.75 Å². The van der Waals surface area contributed by atoms with Crippen LogP contribution in [0.3, 0.4) is 0 Å². The molecule has 0 aliphatic carbocycles. The average molecular weight is 136 g/mol. The number of rotatable bonds is 2. The maximum atomic E-state index is 6.72. The molecule has 0 saturated carbocycles. The van der Waals surface area contributed by atoms with E-state index in [1.165, 1.54) is 10.8 Å². The Labute approximate surface area is 51.1 Å². The zero-order chi connectivity index (χ0) is 5.70. The number of nitrogens with two attached hydrogens (primary N) is 1. The van der Waals surface area contributed by atoms with Crippen molar-refractivity contribution in [1.29, 1.82) is 5.41 Å². The molecule has 0 fully saturated rings. The molecule has 0 saturated heterocycles. The van der Waals surface area contributed by atoms with Crippen molar-refractivity contribution in [3.8, 4) is 0 Å². The van der Waals surface area contributed by atoms with Crippen LogP contribution in [-0.4, -0.2) is 10.9 Å². The summed E-state index contributed by atoms with van der Waals surface area (Å²) in [6, 6.07) is 0. The highest BCUT2D eigenvalue weighted by atomic mass is 33.1. The van der Waals surface area contributed by atoms with Gasteiger partial charge in [0.2, 0.25) is 0 Å². The molecule has 7 heavy (non-hydrogen) atoms. The number of hydrogen-bond donors (Lipinski definition) is 2. The fourth-order valence-corrected chi connectivity index (χ4v) is 1.10. The van der Waals surface area contributed by atoms with Crippen molar-refractivity contribution in [2.24, 2.45) is 5.73 Å². The molecule has 0 heterocycles. The average Bonchev–Trinajstić information content (AvgIpc) is 1.61. The highest BCUT2D eigenvalue weighted by Gasteiger charge is 1.85. The van der Waals surface area contributed by atoms with E-state index in [0.29, 0.717) is 0 Å². The van der Waals surface area contributed by atoms with E-state index in [2.05, 4.69) is 0 Å². The van der Waals surface area contributed by atoms with Crippen molar-refractivity contribution in [2.45, 2.75) is 6.92 Å². The molecular formula is C3H8N2S2. The fourth-order valence-electron chi connectivity index (χ4n) is 0.122. The van der Waals surface area contributed by atoms with Crippen molar-refractivity contribution in [1.82, 2.24) is 0 Å². The van der Waals surface area contributed by atoms with E-state index < -0.39 is 0 Å². The van der Waals surface area contributed by atoms with Gasteiger partial charge < -0.3 is 5.73 Å². The molecule has 0 aliphatic rings. The first kappa shape index (κ1) is 7.17. The Kier molecular flexibility index (Phi) is 4.44. The first-order valence-corrected chi connectivity index (χ1v) is 4.22. The van der Waals surface area contributed by atoms with Gasteiger partial charge in [0.1, 0.15) is 0 Å². The molecule has 0 aromatic rings. The van der Waals surface area contributed by atoms with Gasteiger partial charge in [0.05, 0.1) is 0 Å². The lowest BCUT2D eigenvalue weighted by Gasteiger charge is -1.89. The van der Waals surface area contributed by atoms with Crippen LogP contribution in [0.15, 0.2) is 0 Å². The van der Waals surface area contributed by atoms with E-state index in [1.54, 1.807) is 10.8 Å². The molecule has 0 spiro atoms. The van der Waals surface area contributed by atoms with Crippen LogP contribution in [0, 0.1) is 5.41 Å². The summed E-state index contributed by atoms with van der Waals surface area (Å²) >= 11 is 0. The fraction of sp³-hybridized carbons (Fsp3) is 0.667. The van der Waals surface area contributed by atoms with Crippen molar-refractivity contribution in [3.63, 3.8) is 0 Å². The largest absolute Gasteiger partial charge is 0.378 e. The smallest absolute Gasteiger partial charge is 0.161 e. The van der Waals surface area contributed by atoms with Gasteiger partial charge in [-0.3, -0.25) is 5.41 Å². The second-order valence-corrected chi connectivity index (χ2v) is 3.48. The van der Waals surface area contributed by atoms with Gasteiger partial charge >= 0.3 is 0 Å². The maximum Gasteiger partial charge on any atom is 0.161 e. The van der Waals surface area contributed by atoms with Crippen LogP contribution in [0.2, 0.25) is 0 Å². The summed E-state index contributed by atoms with van der Waals surface area (Å²) in [6.07, 6.45) is 0. The van der Waals surface area contributed by atoms with E-state index in [4.69, 9.17) is 11.1 Å². The zero-order valence-electron chi connectivity index (χ0n) is 4.10.